The number of nitrogens with two attached hydrogens (primary N) is 1. The van der Waals surface area contributed by atoms with Crippen molar-refractivity contribution >= 4 is 22.9 Å². The van der Waals surface area contributed by atoms with E-state index in [0.29, 0.717) is 17.8 Å². The molecule has 5 heteroatoms. The van der Waals surface area contributed by atoms with Crippen LogP contribution in [0.5, 0.6) is 0 Å². The van der Waals surface area contributed by atoms with E-state index in [1.807, 2.05) is 26.0 Å². The van der Waals surface area contributed by atoms with Crippen LogP contribution in [-0.4, -0.2) is 22.8 Å². The van der Waals surface area contributed by atoms with Crippen LogP contribution >= 0.6 is 11.3 Å². The molecule has 100 valence electrons. The second-order valence-electron chi connectivity index (χ2n) is 4.61. The zero-order valence-corrected chi connectivity index (χ0v) is 12.1. The van der Waals surface area contributed by atoms with Crippen LogP contribution in [0.3, 0.4) is 0 Å². The molecule has 0 spiro atoms. The number of benzene rings is 1. The lowest BCUT2D eigenvalue weighted by Gasteiger charge is -2.18. The van der Waals surface area contributed by atoms with Gasteiger partial charge in [0.1, 0.15) is 0 Å². The molecule has 0 saturated carbocycles. The standard InChI is InChI=1S/C14H17N3OS/c1-9-4-5-12(15)11(6-9)14(18)17(3)7-13-10(2)16-8-19-13/h4-6,8H,7,15H2,1-3H3. The number of nitrogen functional groups attached to an aromatic ring is 1. The van der Waals surface area contributed by atoms with Crippen LogP contribution in [0, 0.1) is 13.8 Å². The SMILES string of the molecule is Cc1ccc(N)c(C(=O)N(C)Cc2scnc2C)c1. The molecule has 0 aliphatic carbocycles. The second-order valence-corrected chi connectivity index (χ2v) is 5.55. The summed E-state index contributed by atoms with van der Waals surface area (Å²) in [4.78, 5) is 19.3. The van der Waals surface area contributed by atoms with Gasteiger partial charge in [-0.05, 0) is 26.0 Å². The molecular weight excluding hydrogens is 258 g/mol. The van der Waals surface area contributed by atoms with Crippen molar-refractivity contribution in [2.45, 2.75) is 20.4 Å². The number of carbonyl (C=O) groups is 1. The summed E-state index contributed by atoms with van der Waals surface area (Å²) in [5.41, 5.74) is 10.7. The van der Waals surface area contributed by atoms with Crippen molar-refractivity contribution in [2.75, 3.05) is 12.8 Å². The van der Waals surface area contributed by atoms with Crippen LogP contribution in [0.2, 0.25) is 0 Å². The van der Waals surface area contributed by atoms with E-state index in [0.717, 1.165) is 16.1 Å². The average Bonchev–Trinajstić information content (AvgIpc) is 2.77. The summed E-state index contributed by atoms with van der Waals surface area (Å²) in [5.74, 6) is -0.0611. The molecule has 19 heavy (non-hydrogen) atoms. The summed E-state index contributed by atoms with van der Waals surface area (Å²) in [5, 5.41) is 0. The van der Waals surface area contributed by atoms with Crippen molar-refractivity contribution < 1.29 is 4.79 Å². The van der Waals surface area contributed by atoms with Crippen molar-refractivity contribution in [2.24, 2.45) is 0 Å². The van der Waals surface area contributed by atoms with Gasteiger partial charge in [0.2, 0.25) is 0 Å². The highest BCUT2D eigenvalue weighted by Gasteiger charge is 2.16. The fourth-order valence-corrected chi connectivity index (χ4v) is 2.66. The molecule has 1 aromatic carbocycles. The second kappa shape index (κ2) is 5.40. The molecule has 0 atom stereocenters. The third kappa shape index (κ3) is 2.93. The van der Waals surface area contributed by atoms with Gasteiger partial charge in [0, 0.05) is 17.6 Å². The van der Waals surface area contributed by atoms with E-state index in [9.17, 15) is 4.79 Å². The fraction of sp³-hybridized carbons (Fsp3) is 0.286. The van der Waals surface area contributed by atoms with Crippen molar-refractivity contribution in [3.8, 4) is 0 Å². The Labute approximate surface area is 116 Å². The highest BCUT2D eigenvalue weighted by molar-refractivity contribution is 7.09. The van der Waals surface area contributed by atoms with Crippen molar-refractivity contribution in [3.05, 3.63) is 45.4 Å². The highest BCUT2D eigenvalue weighted by atomic mass is 32.1. The van der Waals surface area contributed by atoms with Gasteiger partial charge in [-0.2, -0.15) is 0 Å². The van der Waals surface area contributed by atoms with E-state index in [-0.39, 0.29) is 5.91 Å². The first kappa shape index (κ1) is 13.5. The maximum atomic E-state index is 12.4. The van der Waals surface area contributed by atoms with Crippen LogP contribution in [0.15, 0.2) is 23.7 Å². The van der Waals surface area contributed by atoms with Gasteiger partial charge >= 0.3 is 0 Å². The number of anilines is 1. The third-order valence-electron chi connectivity index (χ3n) is 3.01. The molecule has 0 radical (unpaired) electrons. The average molecular weight is 275 g/mol. The predicted octanol–water partition coefficient (Wildman–Crippen LogP) is 2.61. The van der Waals surface area contributed by atoms with Gasteiger partial charge < -0.3 is 10.6 Å². The summed E-state index contributed by atoms with van der Waals surface area (Å²) in [6.07, 6.45) is 0. The fourth-order valence-electron chi connectivity index (χ4n) is 1.83. The van der Waals surface area contributed by atoms with E-state index < -0.39 is 0 Å². The lowest BCUT2D eigenvalue weighted by Crippen LogP contribution is -2.27. The summed E-state index contributed by atoms with van der Waals surface area (Å²) in [7, 11) is 1.78. The molecule has 0 bridgehead atoms. The van der Waals surface area contributed by atoms with E-state index >= 15 is 0 Å². The largest absolute Gasteiger partial charge is 0.398 e. The van der Waals surface area contributed by atoms with Crippen LogP contribution in [0.4, 0.5) is 5.69 Å². The summed E-state index contributed by atoms with van der Waals surface area (Å²) in [6.45, 7) is 4.46. The molecule has 0 aliphatic heterocycles. The minimum absolute atomic E-state index is 0.0611. The maximum absolute atomic E-state index is 12.4. The van der Waals surface area contributed by atoms with E-state index in [1.54, 1.807) is 34.9 Å². The number of nitrogens with zero attached hydrogens (tertiary/aromatic N) is 2. The molecule has 1 aromatic heterocycles. The first-order valence-electron chi connectivity index (χ1n) is 5.99. The Hall–Kier alpha value is -1.88. The molecular formula is C14H17N3OS. The van der Waals surface area contributed by atoms with Gasteiger partial charge in [-0.3, -0.25) is 4.79 Å². The van der Waals surface area contributed by atoms with Crippen molar-refractivity contribution in [1.29, 1.82) is 0 Å². The van der Waals surface area contributed by atoms with Gasteiger partial charge in [-0.15, -0.1) is 11.3 Å². The topological polar surface area (TPSA) is 59.2 Å². The van der Waals surface area contributed by atoms with Crippen LogP contribution < -0.4 is 5.73 Å². The van der Waals surface area contributed by atoms with Gasteiger partial charge in [0.25, 0.3) is 5.91 Å². The summed E-state index contributed by atoms with van der Waals surface area (Å²) >= 11 is 1.56. The minimum atomic E-state index is -0.0611. The Bertz CT molecular complexity index is 606. The number of rotatable bonds is 3. The zero-order valence-electron chi connectivity index (χ0n) is 11.3. The normalized spacial score (nSPS) is 10.5. The summed E-state index contributed by atoms with van der Waals surface area (Å²) in [6, 6.07) is 5.50. The van der Waals surface area contributed by atoms with E-state index in [1.165, 1.54) is 0 Å². The number of aromatic nitrogens is 1. The quantitative estimate of drug-likeness (QED) is 0.876. The van der Waals surface area contributed by atoms with E-state index in [4.69, 9.17) is 5.73 Å². The van der Waals surface area contributed by atoms with Crippen molar-refractivity contribution in [3.63, 3.8) is 0 Å². The first-order valence-corrected chi connectivity index (χ1v) is 6.87. The van der Waals surface area contributed by atoms with Crippen LogP contribution in [-0.2, 0) is 6.54 Å². The van der Waals surface area contributed by atoms with Crippen LogP contribution in [0.1, 0.15) is 26.5 Å². The Kier molecular flexibility index (Phi) is 3.85. The minimum Gasteiger partial charge on any atom is -0.398 e. The monoisotopic (exact) mass is 275 g/mol. The van der Waals surface area contributed by atoms with E-state index in [2.05, 4.69) is 4.98 Å². The number of aryl methyl sites for hydroxylation is 2. The molecule has 0 unspecified atom stereocenters. The molecule has 0 saturated heterocycles. The smallest absolute Gasteiger partial charge is 0.256 e. The number of hydrogen-bond donors (Lipinski definition) is 1. The molecule has 2 aromatic rings. The van der Waals surface area contributed by atoms with Crippen LogP contribution in [0.25, 0.3) is 0 Å². The molecule has 0 fully saturated rings. The van der Waals surface area contributed by atoms with Gasteiger partial charge in [0.05, 0.1) is 23.3 Å². The molecule has 4 nitrogen and oxygen atoms in total. The maximum Gasteiger partial charge on any atom is 0.256 e. The number of thiazole rings is 1. The predicted molar refractivity (Wildman–Crippen MR) is 78.2 cm³/mol. The lowest BCUT2D eigenvalue weighted by atomic mass is 10.1. The summed E-state index contributed by atoms with van der Waals surface area (Å²) < 4.78 is 0. The van der Waals surface area contributed by atoms with Gasteiger partial charge in [-0.25, -0.2) is 4.98 Å². The molecule has 1 amide bonds. The highest BCUT2D eigenvalue weighted by Crippen LogP contribution is 2.19. The Morgan fingerprint density at radius 2 is 2.16 bits per heavy atom. The first-order chi connectivity index (χ1) is 8.99. The Morgan fingerprint density at radius 3 is 2.79 bits per heavy atom. The van der Waals surface area contributed by atoms with Gasteiger partial charge in [-0.1, -0.05) is 11.6 Å². The van der Waals surface area contributed by atoms with Gasteiger partial charge in [0.15, 0.2) is 0 Å². The van der Waals surface area contributed by atoms with Crippen molar-refractivity contribution in [1.82, 2.24) is 9.88 Å². The number of hydrogen-bond acceptors (Lipinski definition) is 4. The number of carbonyl (C=O) groups excluding carboxylic acids is 1. The molecule has 2 N–H and O–H groups in total. The molecule has 1 heterocycles. The molecule has 2 rings (SSSR count). The Balaban J connectivity index is 2.19. The molecule has 0 aliphatic rings. The third-order valence-corrected chi connectivity index (χ3v) is 3.93. The zero-order chi connectivity index (χ0) is 14.0. The lowest BCUT2D eigenvalue weighted by molar-refractivity contribution is 0.0787. The number of amides is 1. The Morgan fingerprint density at radius 1 is 1.42 bits per heavy atom.